The van der Waals surface area contributed by atoms with Crippen molar-refractivity contribution in [2.24, 2.45) is 0 Å². The van der Waals surface area contributed by atoms with E-state index in [2.05, 4.69) is 10.6 Å². The highest BCUT2D eigenvalue weighted by atomic mass is 19.1. The lowest BCUT2D eigenvalue weighted by molar-refractivity contribution is -0.127. The lowest BCUT2D eigenvalue weighted by Crippen LogP contribution is -2.31. The number of rotatable bonds is 14. The van der Waals surface area contributed by atoms with Crippen molar-refractivity contribution in [3.63, 3.8) is 0 Å². The summed E-state index contributed by atoms with van der Waals surface area (Å²) in [6.45, 7) is 4.90. The maximum absolute atomic E-state index is 13.0. The van der Waals surface area contributed by atoms with E-state index in [4.69, 9.17) is 14.2 Å². The molecule has 0 aromatic carbocycles. The lowest BCUT2D eigenvalue weighted by Gasteiger charge is -2.10. The van der Waals surface area contributed by atoms with E-state index in [1.54, 1.807) is 0 Å². The Bertz CT molecular complexity index is 279. The van der Waals surface area contributed by atoms with Gasteiger partial charge in [0.2, 0.25) is 12.3 Å². The predicted octanol–water partition coefficient (Wildman–Crippen LogP) is -0.355. The molecule has 8 heteroatoms. The molecule has 7 nitrogen and oxygen atoms in total. The van der Waals surface area contributed by atoms with E-state index in [0.29, 0.717) is 26.2 Å². The normalized spacial score (nSPS) is 12.2. The molecule has 21 heavy (non-hydrogen) atoms. The molecule has 1 unspecified atom stereocenters. The molecule has 0 bridgehead atoms. The third-order valence-corrected chi connectivity index (χ3v) is 2.21. The van der Waals surface area contributed by atoms with E-state index in [-0.39, 0.29) is 38.4 Å². The second-order valence-electron chi connectivity index (χ2n) is 4.52. The van der Waals surface area contributed by atoms with Gasteiger partial charge in [-0.15, -0.1) is 0 Å². The molecule has 0 aliphatic carbocycles. The molecule has 0 rings (SSSR count). The summed E-state index contributed by atoms with van der Waals surface area (Å²) >= 11 is 0. The smallest absolute Gasteiger partial charge is 0.246 e. The molecule has 0 spiro atoms. The molecule has 2 amide bonds. The molecule has 0 fully saturated rings. The number of ether oxygens (including phenoxy) is 3. The van der Waals surface area contributed by atoms with E-state index in [9.17, 15) is 14.0 Å². The number of amides is 2. The zero-order valence-electron chi connectivity index (χ0n) is 12.6. The van der Waals surface area contributed by atoms with Gasteiger partial charge in [0, 0.05) is 6.54 Å². The van der Waals surface area contributed by atoms with Crippen molar-refractivity contribution < 1.29 is 28.2 Å². The maximum Gasteiger partial charge on any atom is 0.246 e. The average Bonchev–Trinajstić information content (AvgIpc) is 2.45. The summed E-state index contributed by atoms with van der Waals surface area (Å²) in [6.07, 6.45) is -0.767. The SMILES string of the molecule is CC(C)OCC(=O)NCCOCCOCC(F)CNC=O. The Hall–Kier alpha value is -1.25. The van der Waals surface area contributed by atoms with Gasteiger partial charge in [-0.25, -0.2) is 4.39 Å². The Morgan fingerprint density at radius 1 is 1.24 bits per heavy atom. The second kappa shape index (κ2) is 13.7. The summed E-state index contributed by atoms with van der Waals surface area (Å²) in [4.78, 5) is 21.2. The molecule has 0 aromatic rings. The highest BCUT2D eigenvalue weighted by molar-refractivity contribution is 5.77. The van der Waals surface area contributed by atoms with Gasteiger partial charge in [0.25, 0.3) is 0 Å². The van der Waals surface area contributed by atoms with Crippen molar-refractivity contribution in [1.29, 1.82) is 0 Å². The molecule has 0 aliphatic rings. The van der Waals surface area contributed by atoms with Gasteiger partial charge in [-0.05, 0) is 13.8 Å². The fourth-order valence-corrected chi connectivity index (χ4v) is 1.22. The topological polar surface area (TPSA) is 85.9 Å². The van der Waals surface area contributed by atoms with Crippen LogP contribution >= 0.6 is 0 Å². The summed E-state index contributed by atoms with van der Waals surface area (Å²) in [5.41, 5.74) is 0. The standard InChI is InChI=1S/C13H25FN2O5/c1-11(2)21-9-13(18)16-3-4-19-5-6-20-8-12(14)7-15-10-17/h10-12H,3-9H2,1-2H3,(H,15,17)(H,16,18). The first-order valence-electron chi connectivity index (χ1n) is 6.91. The van der Waals surface area contributed by atoms with Crippen LogP contribution in [0.3, 0.4) is 0 Å². The van der Waals surface area contributed by atoms with Gasteiger partial charge in [0.15, 0.2) is 0 Å². The molecular weight excluding hydrogens is 283 g/mol. The van der Waals surface area contributed by atoms with E-state index in [0.717, 1.165) is 0 Å². The van der Waals surface area contributed by atoms with Crippen LogP contribution in [0.2, 0.25) is 0 Å². The third kappa shape index (κ3) is 15.0. The molecule has 0 radical (unpaired) electrons. The first-order chi connectivity index (χ1) is 10.1. The van der Waals surface area contributed by atoms with Crippen LogP contribution in [0.25, 0.3) is 0 Å². The predicted molar refractivity (Wildman–Crippen MR) is 74.7 cm³/mol. The van der Waals surface area contributed by atoms with Crippen LogP contribution < -0.4 is 10.6 Å². The van der Waals surface area contributed by atoms with Crippen LogP contribution in [0, 0.1) is 0 Å². The third-order valence-electron chi connectivity index (χ3n) is 2.21. The van der Waals surface area contributed by atoms with Crippen molar-refractivity contribution in [1.82, 2.24) is 10.6 Å². The van der Waals surface area contributed by atoms with Gasteiger partial charge in [-0.3, -0.25) is 9.59 Å². The van der Waals surface area contributed by atoms with Crippen molar-refractivity contribution >= 4 is 12.3 Å². The minimum atomic E-state index is -1.23. The van der Waals surface area contributed by atoms with Gasteiger partial charge in [-0.2, -0.15) is 0 Å². The first-order valence-corrected chi connectivity index (χ1v) is 6.91. The van der Waals surface area contributed by atoms with E-state index >= 15 is 0 Å². The van der Waals surface area contributed by atoms with Crippen LogP contribution in [-0.2, 0) is 23.8 Å². The molecule has 2 N–H and O–H groups in total. The fraction of sp³-hybridized carbons (Fsp3) is 0.846. The average molecular weight is 308 g/mol. The first kappa shape index (κ1) is 19.8. The van der Waals surface area contributed by atoms with Crippen LogP contribution in [0.15, 0.2) is 0 Å². The Balaban J connectivity index is 3.25. The summed E-state index contributed by atoms with van der Waals surface area (Å²) in [5, 5.41) is 4.87. The fourth-order valence-electron chi connectivity index (χ4n) is 1.22. The van der Waals surface area contributed by atoms with Crippen molar-refractivity contribution in [2.75, 3.05) is 46.1 Å². The van der Waals surface area contributed by atoms with Crippen molar-refractivity contribution in [2.45, 2.75) is 26.1 Å². The largest absolute Gasteiger partial charge is 0.377 e. The molecule has 1 atom stereocenters. The van der Waals surface area contributed by atoms with Gasteiger partial charge in [0.1, 0.15) is 12.8 Å². The van der Waals surface area contributed by atoms with E-state index in [1.165, 1.54) is 0 Å². The number of carbonyl (C=O) groups is 2. The highest BCUT2D eigenvalue weighted by Gasteiger charge is 2.05. The van der Waals surface area contributed by atoms with Gasteiger partial charge in [-0.1, -0.05) is 0 Å². The molecular formula is C13H25FN2O5. The van der Waals surface area contributed by atoms with Crippen molar-refractivity contribution in [3.05, 3.63) is 0 Å². The monoisotopic (exact) mass is 308 g/mol. The Kier molecular flexibility index (Phi) is 12.9. The molecule has 0 saturated heterocycles. The van der Waals surface area contributed by atoms with Crippen LogP contribution in [0.4, 0.5) is 4.39 Å². The second-order valence-corrected chi connectivity index (χ2v) is 4.52. The summed E-state index contributed by atoms with van der Waals surface area (Å²) in [5.74, 6) is -0.188. The zero-order chi connectivity index (χ0) is 15.9. The Labute approximate surface area is 124 Å². The number of alkyl halides is 1. The minimum absolute atomic E-state index is 0.0187. The summed E-state index contributed by atoms with van der Waals surface area (Å²) < 4.78 is 28.3. The molecule has 0 aliphatic heterocycles. The minimum Gasteiger partial charge on any atom is -0.377 e. The van der Waals surface area contributed by atoms with Gasteiger partial charge >= 0.3 is 0 Å². The number of nitrogens with one attached hydrogen (secondary N) is 2. The number of halogens is 1. The van der Waals surface area contributed by atoms with Crippen LogP contribution in [0.5, 0.6) is 0 Å². The Morgan fingerprint density at radius 2 is 1.95 bits per heavy atom. The number of hydrogen-bond donors (Lipinski definition) is 2. The summed E-state index contributed by atoms with van der Waals surface area (Å²) in [6, 6.07) is 0. The van der Waals surface area contributed by atoms with Crippen LogP contribution in [0.1, 0.15) is 13.8 Å². The number of carbonyl (C=O) groups excluding carboxylic acids is 2. The van der Waals surface area contributed by atoms with Gasteiger partial charge in [0.05, 0.1) is 39.1 Å². The lowest BCUT2D eigenvalue weighted by atomic mass is 10.4. The molecule has 0 aromatic heterocycles. The quantitative estimate of drug-likeness (QED) is 0.338. The van der Waals surface area contributed by atoms with E-state index in [1.807, 2.05) is 13.8 Å². The Morgan fingerprint density at radius 3 is 2.62 bits per heavy atom. The number of hydrogen-bond acceptors (Lipinski definition) is 5. The van der Waals surface area contributed by atoms with Gasteiger partial charge < -0.3 is 24.8 Å². The maximum atomic E-state index is 13.0. The molecule has 0 heterocycles. The molecule has 124 valence electrons. The van der Waals surface area contributed by atoms with Crippen molar-refractivity contribution in [3.8, 4) is 0 Å². The van der Waals surface area contributed by atoms with E-state index < -0.39 is 6.17 Å². The molecule has 0 saturated carbocycles. The zero-order valence-corrected chi connectivity index (χ0v) is 12.6. The summed E-state index contributed by atoms with van der Waals surface area (Å²) in [7, 11) is 0. The van der Waals surface area contributed by atoms with Crippen LogP contribution in [-0.4, -0.2) is 70.7 Å². The highest BCUT2D eigenvalue weighted by Crippen LogP contribution is 1.90.